The predicted octanol–water partition coefficient (Wildman–Crippen LogP) is 2.06. The van der Waals surface area contributed by atoms with Gasteiger partial charge in [0.15, 0.2) is 0 Å². The molecule has 0 aromatic heterocycles. The van der Waals surface area contributed by atoms with E-state index in [-0.39, 0.29) is 11.5 Å². The van der Waals surface area contributed by atoms with Crippen molar-refractivity contribution in [3.8, 4) is 0 Å². The summed E-state index contributed by atoms with van der Waals surface area (Å²) >= 11 is 0. The number of hydrogen-bond acceptors (Lipinski definition) is 2. The number of aliphatic hydroxyl groups is 1. The first-order valence-electron chi connectivity index (χ1n) is 5.63. The first-order valence-corrected chi connectivity index (χ1v) is 5.63. The van der Waals surface area contributed by atoms with Crippen molar-refractivity contribution in [1.29, 1.82) is 0 Å². The Morgan fingerprint density at radius 2 is 2.08 bits per heavy atom. The van der Waals surface area contributed by atoms with Crippen LogP contribution in [0, 0.1) is 5.41 Å². The molecule has 3 N–H and O–H groups in total. The zero-order chi connectivity index (χ0) is 9.73. The van der Waals surface area contributed by atoms with E-state index in [1.807, 2.05) is 0 Å². The van der Waals surface area contributed by atoms with E-state index >= 15 is 0 Å². The second-order valence-corrected chi connectivity index (χ2v) is 4.43. The summed E-state index contributed by atoms with van der Waals surface area (Å²) in [7, 11) is 0. The Labute approximate surface area is 81.5 Å². The van der Waals surface area contributed by atoms with Gasteiger partial charge >= 0.3 is 0 Å². The smallest absolute Gasteiger partial charge is 0.0608 e. The summed E-state index contributed by atoms with van der Waals surface area (Å²) in [5.41, 5.74) is 5.82. The normalized spacial score (nSPS) is 22.4. The molecule has 0 spiro atoms. The fraction of sp³-hybridized carbons (Fsp3) is 1.00. The van der Waals surface area contributed by atoms with E-state index in [4.69, 9.17) is 5.73 Å². The minimum atomic E-state index is -0.141. The fourth-order valence-corrected chi connectivity index (χ4v) is 2.20. The summed E-state index contributed by atoms with van der Waals surface area (Å²) < 4.78 is 0. The highest BCUT2D eigenvalue weighted by molar-refractivity contribution is 4.94. The highest BCUT2D eigenvalue weighted by Crippen LogP contribution is 2.44. The third-order valence-corrected chi connectivity index (χ3v) is 3.54. The van der Waals surface area contributed by atoms with E-state index < -0.39 is 0 Å². The molecule has 1 aliphatic carbocycles. The second-order valence-electron chi connectivity index (χ2n) is 4.43. The topological polar surface area (TPSA) is 46.2 Å². The van der Waals surface area contributed by atoms with Crippen LogP contribution >= 0.6 is 0 Å². The first-order chi connectivity index (χ1) is 6.25. The maximum atomic E-state index is 9.97. The van der Waals surface area contributed by atoms with Crippen molar-refractivity contribution in [2.24, 2.45) is 11.1 Å². The van der Waals surface area contributed by atoms with Crippen LogP contribution in [0.25, 0.3) is 0 Å². The molecule has 0 aromatic carbocycles. The Morgan fingerprint density at radius 3 is 2.46 bits per heavy atom. The van der Waals surface area contributed by atoms with Crippen LogP contribution in [-0.4, -0.2) is 17.8 Å². The SMILES string of the molecule is CCCCCC(O)C1(CN)CCC1. The monoisotopic (exact) mass is 185 g/mol. The molecule has 0 aliphatic heterocycles. The van der Waals surface area contributed by atoms with Gasteiger partial charge in [-0.15, -0.1) is 0 Å². The van der Waals surface area contributed by atoms with Gasteiger partial charge in [0.2, 0.25) is 0 Å². The lowest BCUT2D eigenvalue weighted by Crippen LogP contribution is -2.47. The van der Waals surface area contributed by atoms with Crippen LogP contribution in [0.15, 0.2) is 0 Å². The third kappa shape index (κ3) is 2.44. The predicted molar refractivity (Wildman–Crippen MR) is 55.5 cm³/mol. The fourth-order valence-electron chi connectivity index (χ4n) is 2.20. The molecule has 2 heteroatoms. The van der Waals surface area contributed by atoms with Crippen LogP contribution in [0.1, 0.15) is 51.9 Å². The molecule has 13 heavy (non-hydrogen) atoms. The Hall–Kier alpha value is -0.0800. The zero-order valence-electron chi connectivity index (χ0n) is 8.76. The Kier molecular flexibility index (Phi) is 4.20. The van der Waals surface area contributed by atoms with Gasteiger partial charge in [-0.05, 0) is 19.3 Å². The summed E-state index contributed by atoms with van der Waals surface area (Å²) in [4.78, 5) is 0. The molecule has 1 saturated carbocycles. The van der Waals surface area contributed by atoms with E-state index in [1.54, 1.807) is 0 Å². The van der Waals surface area contributed by atoms with Crippen LogP contribution in [0.2, 0.25) is 0 Å². The van der Waals surface area contributed by atoms with Gasteiger partial charge < -0.3 is 10.8 Å². The molecule has 0 saturated heterocycles. The molecule has 0 bridgehead atoms. The summed E-state index contributed by atoms with van der Waals surface area (Å²) in [6, 6.07) is 0. The summed E-state index contributed by atoms with van der Waals surface area (Å²) in [6.45, 7) is 2.86. The standard InChI is InChI=1S/C11H23NO/c1-2-3-4-6-10(13)11(9-12)7-5-8-11/h10,13H,2-9,12H2,1H3. The zero-order valence-corrected chi connectivity index (χ0v) is 8.76. The van der Waals surface area contributed by atoms with Crippen molar-refractivity contribution in [2.45, 2.75) is 58.0 Å². The van der Waals surface area contributed by atoms with Gasteiger partial charge in [0.25, 0.3) is 0 Å². The number of nitrogens with two attached hydrogens (primary N) is 1. The van der Waals surface area contributed by atoms with Crippen LogP contribution in [0.3, 0.4) is 0 Å². The van der Waals surface area contributed by atoms with Gasteiger partial charge in [-0.3, -0.25) is 0 Å². The van der Waals surface area contributed by atoms with E-state index in [9.17, 15) is 5.11 Å². The average molecular weight is 185 g/mol. The van der Waals surface area contributed by atoms with Crippen molar-refractivity contribution >= 4 is 0 Å². The van der Waals surface area contributed by atoms with Crippen molar-refractivity contribution in [3.63, 3.8) is 0 Å². The largest absolute Gasteiger partial charge is 0.393 e. The maximum Gasteiger partial charge on any atom is 0.0608 e. The maximum absolute atomic E-state index is 9.97. The lowest BCUT2D eigenvalue weighted by Gasteiger charge is -2.44. The van der Waals surface area contributed by atoms with Crippen molar-refractivity contribution in [3.05, 3.63) is 0 Å². The third-order valence-electron chi connectivity index (χ3n) is 3.54. The lowest BCUT2D eigenvalue weighted by atomic mass is 9.64. The van der Waals surface area contributed by atoms with Crippen LogP contribution in [0.4, 0.5) is 0 Å². The van der Waals surface area contributed by atoms with Gasteiger partial charge in [-0.1, -0.05) is 32.6 Å². The Bertz CT molecular complexity index is 138. The van der Waals surface area contributed by atoms with Crippen LogP contribution in [-0.2, 0) is 0 Å². The molecule has 0 heterocycles. The quantitative estimate of drug-likeness (QED) is 0.622. The highest BCUT2D eigenvalue weighted by atomic mass is 16.3. The average Bonchev–Trinajstić information content (AvgIpc) is 2.04. The van der Waals surface area contributed by atoms with Gasteiger partial charge in [-0.2, -0.15) is 0 Å². The first kappa shape index (κ1) is 11.0. The lowest BCUT2D eigenvalue weighted by molar-refractivity contribution is -0.0332. The number of unbranched alkanes of at least 4 members (excludes halogenated alkanes) is 2. The van der Waals surface area contributed by atoms with Crippen molar-refractivity contribution in [2.75, 3.05) is 6.54 Å². The van der Waals surface area contributed by atoms with Gasteiger partial charge in [0.1, 0.15) is 0 Å². The molecule has 1 aliphatic rings. The minimum absolute atomic E-state index is 0.105. The van der Waals surface area contributed by atoms with E-state index in [1.165, 1.54) is 19.3 Å². The van der Waals surface area contributed by atoms with E-state index in [0.29, 0.717) is 6.54 Å². The molecule has 2 nitrogen and oxygen atoms in total. The summed E-state index contributed by atoms with van der Waals surface area (Å²) in [6.07, 6.45) is 7.94. The molecule has 1 rings (SSSR count). The van der Waals surface area contributed by atoms with Gasteiger partial charge in [0, 0.05) is 12.0 Å². The molecule has 1 fully saturated rings. The Balaban J connectivity index is 2.24. The number of rotatable bonds is 6. The molecule has 0 aromatic rings. The van der Waals surface area contributed by atoms with Gasteiger partial charge in [0.05, 0.1) is 6.10 Å². The summed E-state index contributed by atoms with van der Waals surface area (Å²) in [5, 5.41) is 9.97. The van der Waals surface area contributed by atoms with Crippen molar-refractivity contribution in [1.82, 2.24) is 0 Å². The molecule has 1 unspecified atom stereocenters. The van der Waals surface area contributed by atoms with E-state index in [2.05, 4.69) is 6.92 Å². The molecular weight excluding hydrogens is 162 g/mol. The molecule has 78 valence electrons. The Morgan fingerprint density at radius 1 is 1.38 bits per heavy atom. The van der Waals surface area contributed by atoms with Gasteiger partial charge in [-0.25, -0.2) is 0 Å². The molecule has 0 radical (unpaired) electrons. The molecule has 1 atom stereocenters. The van der Waals surface area contributed by atoms with Crippen LogP contribution < -0.4 is 5.73 Å². The van der Waals surface area contributed by atoms with E-state index in [0.717, 1.165) is 25.7 Å². The molecule has 0 amide bonds. The second kappa shape index (κ2) is 4.97. The number of hydrogen-bond donors (Lipinski definition) is 2. The highest BCUT2D eigenvalue weighted by Gasteiger charge is 2.41. The van der Waals surface area contributed by atoms with Crippen LogP contribution in [0.5, 0.6) is 0 Å². The minimum Gasteiger partial charge on any atom is -0.393 e. The van der Waals surface area contributed by atoms with Crippen molar-refractivity contribution < 1.29 is 5.11 Å². The summed E-state index contributed by atoms with van der Waals surface area (Å²) in [5.74, 6) is 0. The molecular formula is C11H23NO. The number of aliphatic hydroxyl groups excluding tert-OH is 1.